The molecule has 0 atom stereocenters. The van der Waals surface area contributed by atoms with Crippen LogP contribution in [0.15, 0.2) is 42.5 Å². The maximum absolute atomic E-state index is 13.8. The molecule has 0 aromatic heterocycles. The van der Waals surface area contributed by atoms with E-state index < -0.39 is 5.54 Å². The first-order valence-electron chi connectivity index (χ1n) is 6.35. The van der Waals surface area contributed by atoms with Crippen molar-refractivity contribution in [1.29, 1.82) is 0 Å². The Kier molecular flexibility index (Phi) is 3.08. The predicted molar refractivity (Wildman–Crippen MR) is 75.9 cm³/mol. The van der Waals surface area contributed by atoms with E-state index in [0.29, 0.717) is 17.0 Å². The molecule has 1 nitrogen and oxygen atoms in total. The Labute approximate surface area is 117 Å². The quantitative estimate of drug-likeness (QED) is 0.892. The summed E-state index contributed by atoms with van der Waals surface area (Å²) in [6, 6.07) is 12.9. The fourth-order valence-corrected chi connectivity index (χ4v) is 3.10. The first-order valence-corrected chi connectivity index (χ1v) is 6.73. The van der Waals surface area contributed by atoms with Crippen molar-refractivity contribution in [2.45, 2.75) is 24.8 Å². The second-order valence-corrected chi connectivity index (χ2v) is 5.83. The summed E-state index contributed by atoms with van der Waals surface area (Å²) < 4.78 is 13.8. The molecule has 0 heterocycles. The summed E-state index contributed by atoms with van der Waals surface area (Å²) in [6.45, 7) is 0. The standard InChI is InChI=1S/C16H15ClFN/c17-14-5-6-15(18)13(7-14)10-16(19)8-11-3-1-2-4-12(11)9-16/h1-7H,8-10,19H2. The molecule has 0 unspecified atom stereocenters. The summed E-state index contributed by atoms with van der Waals surface area (Å²) >= 11 is 5.93. The zero-order valence-corrected chi connectivity index (χ0v) is 11.3. The molecule has 0 amide bonds. The summed E-state index contributed by atoms with van der Waals surface area (Å²) in [6.07, 6.45) is 2.08. The second-order valence-electron chi connectivity index (χ2n) is 5.40. The van der Waals surface area contributed by atoms with Gasteiger partial charge in [-0.05, 0) is 54.2 Å². The average molecular weight is 276 g/mol. The minimum absolute atomic E-state index is 0.231. The van der Waals surface area contributed by atoms with Gasteiger partial charge in [-0.2, -0.15) is 0 Å². The summed E-state index contributed by atoms with van der Waals surface area (Å²) in [5.74, 6) is -0.231. The molecule has 0 saturated carbocycles. The van der Waals surface area contributed by atoms with Crippen LogP contribution >= 0.6 is 11.6 Å². The van der Waals surface area contributed by atoms with Crippen molar-refractivity contribution in [3.63, 3.8) is 0 Å². The molecule has 2 N–H and O–H groups in total. The third-order valence-electron chi connectivity index (χ3n) is 3.75. The summed E-state index contributed by atoms with van der Waals surface area (Å²) in [7, 11) is 0. The van der Waals surface area contributed by atoms with Gasteiger partial charge in [0.2, 0.25) is 0 Å². The van der Waals surface area contributed by atoms with Gasteiger partial charge < -0.3 is 5.73 Å². The monoisotopic (exact) mass is 275 g/mol. The number of hydrogen-bond acceptors (Lipinski definition) is 1. The van der Waals surface area contributed by atoms with Gasteiger partial charge in [0.1, 0.15) is 5.82 Å². The van der Waals surface area contributed by atoms with Crippen molar-refractivity contribution in [3.05, 3.63) is 70.0 Å². The predicted octanol–water partition coefficient (Wildman–Crippen LogP) is 3.52. The first-order chi connectivity index (χ1) is 9.06. The van der Waals surface area contributed by atoms with Crippen molar-refractivity contribution in [2.75, 3.05) is 0 Å². The van der Waals surface area contributed by atoms with Crippen LogP contribution in [0.25, 0.3) is 0 Å². The fraction of sp³-hybridized carbons (Fsp3) is 0.250. The highest BCUT2D eigenvalue weighted by molar-refractivity contribution is 6.30. The molecule has 0 saturated heterocycles. The first kappa shape index (κ1) is 12.6. The Morgan fingerprint density at radius 2 is 1.74 bits per heavy atom. The number of fused-ring (bicyclic) bond motifs is 1. The van der Waals surface area contributed by atoms with Crippen molar-refractivity contribution in [3.8, 4) is 0 Å². The molecule has 0 spiro atoms. The van der Waals surface area contributed by atoms with Gasteiger partial charge in [0.05, 0.1) is 0 Å². The smallest absolute Gasteiger partial charge is 0.126 e. The van der Waals surface area contributed by atoms with Gasteiger partial charge in [-0.25, -0.2) is 4.39 Å². The highest BCUT2D eigenvalue weighted by Gasteiger charge is 2.34. The summed E-state index contributed by atoms with van der Waals surface area (Å²) in [5, 5.41) is 0.551. The van der Waals surface area contributed by atoms with Crippen LogP contribution in [0.5, 0.6) is 0 Å². The van der Waals surface area contributed by atoms with Gasteiger partial charge in [0, 0.05) is 10.6 Å². The molecule has 0 fully saturated rings. The normalized spacial score (nSPS) is 16.4. The van der Waals surface area contributed by atoms with E-state index in [4.69, 9.17) is 17.3 Å². The van der Waals surface area contributed by atoms with E-state index in [1.807, 2.05) is 12.1 Å². The van der Waals surface area contributed by atoms with E-state index in [0.717, 1.165) is 12.8 Å². The van der Waals surface area contributed by atoms with Gasteiger partial charge in [-0.15, -0.1) is 0 Å². The largest absolute Gasteiger partial charge is 0.324 e. The topological polar surface area (TPSA) is 26.0 Å². The Morgan fingerprint density at radius 1 is 1.11 bits per heavy atom. The average Bonchev–Trinajstić information content (AvgIpc) is 2.69. The van der Waals surface area contributed by atoms with Gasteiger partial charge in [0.15, 0.2) is 0 Å². The summed E-state index contributed by atoms with van der Waals surface area (Å²) in [4.78, 5) is 0. The van der Waals surface area contributed by atoms with Crippen LogP contribution in [0.3, 0.4) is 0 Å². The molecule has 2 aromatic rings. The van der Waals surface area contributed by atoms with Crippen molar-refractivity contribution >= 4 is 11.6 Å². The Morgan fingerprint density at radius 3 is 2.37 bits per heavy atom. The Balaban J connectivity index is 1.87. The van der Waals surface area contributed by atoms with Crippen molar-refractivity contribution in [2.24, 2.45) is 5.73 Å². The Hall–Kier alpha value is -1.38. The lowest BCUT2D eigenvalue weighted by molar-refractivity contribution is 0.436. The fourth-order valence-electron chi connectivity index (χ4n) is 2.91. The lowest BCUT2D eigenvalue weighted by Crippen LogP contribution is -2.43. The molecule has 0 bridgehead atoms. The minimum Gasteiger partial charge on any atom is -0.324 e. The Bertz CT molecular complexity index is 599. The summed E-state index contributed by atoms with van der Waals surface area (Å²) in [5.41, 5.74) is 9.18. The van der Waals surface area contributed by atoms with Crippen LogP contribution in [0.2, 0.25) is 5.02 Å². The van der Waals surface area contributed by atoms with E-state index in [1.165, 1.54) is 17.2 Å². The number of halogens is 2. The molecule has 3 heteroatoms. The van der Waals surface area contributed by atoms with Gasteiger partial charge >= 0.3 is 0 Å². The molecule has 19 heavy (non-hydrogen) atoms. The number of benzene rings is 2. The third-order valence-corrected chi connectivity index (χ3v) is 3.99. The molecule has 0 radical (unpaired) electrons. The molecule has 0 aliphatic heterocycles. The van der Waals surface area contributed by atoms with E-state index in [9.17, 15) is 4.39 Å². The van der Waals surface area contributed by atoms with Crippen LogP contribution < -0.4 is 5.73 Å². The van der Waals surface area contributed by atoms with E-state index in [1.54, 1.807) is 12.1 Å². The molecule has 1 aliphatic rings. The van der Waals surface area contributed by atoms with Crippen molar-refractivity contribution < 1.29 is 4.39 Å². The maximum Gasteiger partial charge on any atom is 0.126 e. The zero-order valence-electron chi connectivity index (χ0n) is 10.5. The molecular weight excluding hydrogens is 261 g/mol. The van der Waals surface area contributed by atoms with E-state index in [2.05, 4.69) is 12.1 Å². The number of hydrogen-bond donors (Lipinski definition) is 1. The molecule has 3 rings (SSSR count). The second kappa shape index (κ2) is 4.62. The van der Waals surface area contributed by atoms with Crippen molar-refractivity contribution in [1.82, 2.24) is 0 Å². The maximum atomic E-state index is 13.8. The van der Waals surface area contributed by atoms with Gasteiger partial charge in [-0.1, -0.05) is 35.9 Å². The van der Waals surface area contributed by atoms with Gasteiger partial charge in [0.25, 0.3) is 0 Å². The minimum atomic E-state index is -0.408. The van der Waals surface area contributed by atoms with E-state index >= 15 is 0 Å². The number of nitrogens with two attached hydrogens (primary N) is 1. The van der Waals surface area contributed by atoms with Crippen LogP contribution in [0.1, 0.15) is 16.7 Å². The zero-order chi connectivity index (χ0) is 13.5. The highest BCUT2D eigenvalue weighted by atomic mass is 35.5. The third kappa shape index (κ3) is 2.51. The SMILES string of the molecule is NC1(Cc2cc(Cl)ccc2F)Cc2ccccc2C1. The molecule has 1 aliphatic carbocycles. The van der Waals surface area contributed by atoms with Crippen LogP contribution in [0, 0.1) is 5.82 Å². The molecule has 98 valence electrons. The number of rotatable bonds is 2. The lowest BCUT2D eigenvalue weighted by atomic mass is 9.89. The van der Waals surface area contributed by atoms with Crippen LogP contribution in [0.4, 0.5) is 4.39 Å². The van der Waals surface area contributed by atoms with Crippen LogP contribution in [-0.4, -0.2) is 5.54 Å². The molecule has 2 aromatic carbocycles. The molecular formula is C16H15ClFN. The highest BCUT2D eigenvalue weighted by Crippen LogP contribution is 2.31. The van der Waals surface area contributed by atoms with E-state index in [-0.39, 0.29) is 5.82 Å². The lowest BCUT2D eigenvalue weighted by Gasteiger charge is -2.24. The van der Waals surface area contributed by atoms with Gasteiger partial charge in [-0.3, -0.25) is 0 Å². The van der Waals surface area contributed by atoms with Crippen LogP contribution in [-0.2, 0) is 19.3 Å².